The molecule has 0 bridgehead atoms. The third-order valence-electron chi connectivity index (χ3n) is 0. The Morgan fingerprint density at radius 2 is 0.500 bits per heavy atom. The van der Waals surface area contributed by atoms with Crippen LogP contribution < -0.4 is 0 Å². The van der Waals surface area contributed by atoms with Gasteiger partial charge in [0.15, 0.2) is 0 Å². The van der Waals surface area contributed by atoms with Crippen molar-refractivity contribution < 1.29 is 0 Å². The van der Waals surface area contributed by atoms with Crippen LogP contribution in [0.5, 0.6) is 0 Å². The number of hydrogen-bond acceptors (Lipinski definition) is 0. The van der Waals surface area contributed by atoms with Crippen LogP contribution in [0.4, 0.5) is 0 Å². The van der Waals surface area contributed by atoms with Gasteiger partial charge in [0, 0.05) is 58.2 Å². The molecule has 0 atom stereocenters. The predicted octanol–water partition coefficient (Wildman–Crippen LogP) is 1.35. The van der Waals surface area contributed by atoms with Crippen molar-refractivity contribution in [2.45, 2.75) is 0 Å². The van der Waals surface area contributed by atoms with Gasteiger partial charge in [0.25, 0.3) is 0 Å². The van der Waals surface area contributed by atoms with Crippen LogP contribution >= 0.6 is 50.9 Å². The summed E-state index contributed by atoms with van der Waals surface area (Å²) in [6, 6.07) is 0. The van der Waals surface area contributed by atoms with Gasteiger partial charge in [0.1, 0.15) is 0 Å². The molecule has 0 aliphatic heterocycles. The summed E-state index contributed by atoms with van der Waals surface area (Å²) in [6.07, 6.45) is 0. The van der Waals surface area contributed by atoms with E-state index in [9.17, 15) is 0 Å². The average molecular weight is 328 g/mol. The van der Waals surface area contributed by atoms with E-state index in [2.05, 4.69) is 0 Å². The Kier molecular flexibility index (Phi) is 109. The van der Waals surface area contributed by atoms with E-state index in [0.717, 1.165) is 0 Å². The minimum absolute atomic E-state index is 0. The van der Waals surface area contributed by atoms with Gasteiger partial charge in [-0.05, 0) is 0 Å². The third kappa shape index (κ3) is 8.98. The second-order valence-corrected chi connectivity index (χ2v) is 0. The molecule has 0 saturated carbocycles. The first-order valence-electron chi connectivity index (χ1n) is 0. The molecule has 0 saturated heterocycles. The van der Waals surface area contributed by atoms with Gasteiger partial charge >= 0.3 is 0 Å². The minimum Gasteiger partial charge on any atom is -0.114 e. The van der Waals surface area contributed by atoms with Crippen molar-refractivity contribution in [2.24, 2.45) is 0 Å². The maximum Gasteiger partial charge on any atom is 0 e. The van der Waals surface area contributed by atoms with Gasteiger partial charge in [-0.1, -0.05) is 0 Å². The molecule has 0 aliphatic carbocycles. The third-order valence-corrected chi connectivity index (χ3v) is 0. The van der Waals surface area contributed by atoms with E-state index in [1.807, 2.05) is 0 Å². The molecule has 0 fully saturated rings. The molecule has 0 aromatic heterocycles. The van der Waals surface area contributed by atoms with Crippen LogP contribution in [-0.2, 0) is 0 Å². The number of halogens is 3. The molecule has 0 rings (SSSR count). The SMILES string of the molecule is Br.Br.Br.[Rb]. The van der Waals surface area contributed by atoms with E-state index in [1.165, 1.54) is 0 Å². The van der Waals surface area contributed by atoms with Gasteiger partial charge in [-0.3, -0.25) is 0 Å². The first-order valence-corrected chi connectivity index (χ1v) is 0. The predicted molar refractivity (Wildman–Crippen MR) is 36.7 cm³/mol. The molecule has 4 heteroatoms. The van der Waals surface area contributed by atoms with Crippen molar-refractivity contribution in [3.63, 3.8) is 0 Å². The zero-order valence-electron chi connectivity index (χ0n) is 2.22. The van der Waals surface area contributed by atoms with Gasteiger partial charge in [0.05, 0.1) is 0 Å². The molecule has 0 aromatic rings. The molecular weight excluding hydrogens is 325 g/mol. The van der Waals surface area contributed by atoms with Crippen molar-refractivity contribution in [3.05, 3.63) is 0 Å². The van der Waals surface area contributed by atoms with Gasteiger partial charge in [-0.25, -0.2) is 0 Å². The van der Waals surface area contributed by atoms with Crippen molar-refractivity contribution in [3.8, 4) is 0 Å². The molecular formula is H3Br3Rb. The Balaban J connectivity index is 0. The van der Waals surface area contributed by atoms with Gasteiger partial charge in [0.2, 0.25) is 0 Å². The van der Waals surface area contributed by atoms with Gasteiger partial charge < -0.3 is 0 Å². The molecule has 4 heavy (non-hydrogen) atoms. The molecule has 0 spiro atoms. The summed E-state index contributed by atoms with van der Waals surface area (Å²) >= 11 is 0. The summed E-state index contributed by atoms with van der Waals surface area (Å²) in [7, 11) is 0. The zero-order valence-corrected chi connectivity index (χ0v) is 12.3. The summed E-state index contributed by atoms with van der Waals surface area (Å²) in [4.78, 5) is 0. The summed E-state index contributed by atoms with van der Waals surface area (Å²) in [5, 5.41) is 0. The molecule has 0 aromatic carbocycles. The van der Waals surface area contributed by atoms with E-state index in [4.69, 9.17) is 0 Å². The van der Waals surface area contributed by atoms with Gasteiger partial charge in [-0.2, -0.15) is 0 Å². The molecule has 0 aliphatic rings. The fraction of sp³-hybridized carbons (Fsp3) is 0. The van der Waals surface area contributed by atoms with Crippen LogP contribution in [-0.4, -0.2) is 58.2 Å². The first kappa shape index (κ1) is 26.8. The number of rotatable bonds is 0. The Bertz CT molecular complexity index is 3.25. The Morgan fingerprint density at radius 3 is 0.500 bits per heavy atom. The van der Waals surface area contributed by atoms with Crippen LogP contribution in [0.3, 0.4) is 0 Å². The Hall–Kier alpha value is 3.25. The molecule has 25 valence electrons. The van der Waals surface area contributed by atoms with Crippen LogP contribution in [0.1, 0.15) is 0 Å². The molecule has 0 amide bonds. The second kappa shape index (κ2) is 16.3. The Morgan fingerprint density at radius 1 is 0.500 bits per heavy atom. The standard InChI is InChI=1S/3BrH.Rb/h3*1H;. The first-order chi connectivity index (χ1) is 0. The molecule has 0 N–H and O–H groups in total. The average Bonchev–Trinajstić information content (AvgIpc) is 0. The topological polar surface area (TPSA) is 0 Å². The molecule has 0 heterocycles. The molecule has 1 radical (unpaired) electrons. The fourth-order valence-electron chi connectivity index (χ4n) is 0. The van der Waals surface area contributed by atoms with E-state index in [0.29, 0.717) is 0 Å². The van der Waals surface area contributed by atoms with Crippen molar-refractivity contribution >= 4 is 109 Å². The normalized spacial score (nSPS) is 0. The monoisotopic (exact) mass is 325 g/mol. The molecule has 0 unspecified atom stereocenters. The van der Waals surface area contributed by atoms with E-state index < -0.39 is 0 Å². The van der Waals surface area contributed by atoms with Crippen LogP contribution in [0.2, 0.25) is 0 Å². The van der Waals surface area contributed by atoms with E-state index in [-0.39, 0.29) is 109 Å². The quantitative estimate of drug-likeness (QED) is 0.630. The van der Waals surface area contributed by atoms with Crippen LogP contribution in [0.25, 0.3) is 0 Å². The summed E-state index contributed by atoms with van der Waals surface area (Å²) < 4.78 is 0. The fourth-order valence-corrected chi connectivity index (χ4v) is 0. The largest absolute Gasteiger partial charge is 0.114 e. The molecule has 0 nitrogen and oxygen atoms in total. The van der Waals surface area contributed by atoms with Gasteiger partial charge in [-0.15, -0.1) is 50.9 Å². The summed E-state index contributed by atoms with van der Waals surface area (Å²) in [5.74, 6) is 0. The maximum atomic E-state index is 0. The second-order valence-electron chi connectivity index (χ2n) is 0. The van der Waals surface area contributed by atoms with Crippen LogP contribution in [0, 0.1) is 0 Å². The summed E-state index contributed by atoms with van der Waals surface area (Å²) in [6.45, 7) is 0. The van der Waals surface area contributed by atoms with Crippen LogP contribution in [0.15, 0.2) is 0 Å². The van der Waals surface area contributed by atoms with E-state index in [1.54, 1.807) is 0 Å². The minimum atomic E-state index is 0. The number of hydrogen-bond donors (Lipinski definition) is 0. The van der Waals surface area contributed by atoms with Crippen molar-refractivity contribution in [2.75, 3.05) is 0 Å². The van der Waals surface area contributed by atoms with Crippen molar-refractivity contribution in [1.29, 1.82) is 0 Å². The van der Waals surface area contributed by atoms with E-state index >= 15 is 0 Å². The Labute approximate surface area is 106 Å². The smallest absolute Gasteiger partial charge is 0 e. The zero-order chi connectivity index (χ0) is 0. The summed E-state index contributed by atoms with van der Waals surface area (Å²) in [5.41, 5.74) is 0. The van der Waals surface area contributed by atoms with Crippen molar-refractivity contribution in [1.82, 2.24) is 0 Å². The maximum absolute atomic E-state index is 0.